The van der Waals surface area contributed by atoms with E-state index < -0.39 is 0 Å². The third-order valence-corrected chi connectivity index (χ3v) is 1.93. The molecule has 0 spiro atoms. The molecule has 1 aromatic rings. The molecule has 0 atom stereocenters. The maximum atomic E-state index is 5.47. The van der Waals surface area contributed by atoms with Gasteiger partial charge in [0, 0.05) is 13.5 Å². The molecule has 0 radical (unpaired) electrons. The molecule has 0 bridgehead atoms. The van der Waals surface area contributed by atoms with Gasteiger partial charge >= 0.3 is 0 Å². The third-order valence-electron chi connectivity index (χ3n) is 1.93. The van der Waals surface area contributed by atoms with Gasteiger partial charge in [0.15, 0.2) is 0 Å². The smallest absolute Gasteiger partial charge is 0.221 e. The van der Waals surface area contributed by atoms with Crippen LogP contribution in [0.3, 0.4) is 0 Å². The van der Waals surface area contributed by atoms with Gasteiger partial charge in [-0.05, 0) is 13.8 Å². The van der Waals surface area contributed by atoms with Crippen LogP contribution in [-0.4, -0.2) is 23.6 Å². The van der Waals surface area contributed by atoms with Gasteiger partial charge in [-0.25, -0.2) is 4.98 Å². The van der Waals surface area contributed by atoms with Crippen molar-refractivity contribution >= 4 is 5.82 Å². The van der Waals surface area contributed by atoms with Crippen molar-refractivity contribution in [1.82, 2.24) is 9.97 Å². The van der Waals surface area contributed by atoms with E-state index >= 15 is 0 Å². The number of aromatic nitrogens is 2. The van der Waals surface area contributed by atoms with E-state index in [1.807, 2.05) is 20.9 Å². The van der Waals surface area contributed by atoms with Crippen LogP contribution in [0.1, 0.15) is 17.8 Å². The molecule has 0 aliphatic heterocycles. The molecule has 0 aliphatic carbocycles. The molecule has 1 aromatic heterocycles. The fraction of sp³-hybridized carbons (Fsp3) is 0.455. The molecule has 0 saturated carbocycles. The molecule has 15 heavy (non-hydrogen) atoms. The Morgan fingerprint density at radius 2 is 2.13 bits per heavy atom. The van der Waals surface area contributed by atoms with Crippen molar-refractivity contribution in [1.29, 1.82) is 0 Å². The second-order valence-electron chi connectivity index (χ2n) is 3.10. The predicted molar refractivity (Wildman–Crippen MR) is 60.0 cm³/mol. The maximum absolute atomic E-state index is 5.47. The van der Waals surface area contributed by atoms with E-state index in [0.717, 1.165) is 11.4 Å². The zero-order chi connectivity index (χ0) is 11.3. The van der Waals surface area contributed by atoms with Crippen molar-refractivity contribution in [2.24, 2.45) is 0 Å². The highest BCUT2D eigenvalue weighted by molar-refractivity contribution is 5.47. The fourth-order valence-corrected chi connectivity index (χ4v) is 1.19. The first-order chi connectivity index (χ1) is 7.19. The first kappa shape index (κ1) is 11.3. The van der Waals surface area contributed by atoms with Gasteiger partial charge in [0.2, 0.25) is 5.88 Å². The largest absolute Gasteiger partial charge is 0.476 e. The SMILES string of the molecule is C#CCCOc1nc(C)nc(NC)c1C. The number of anilines is 1. The van der Waals surface area contributed by atoms with Gasteiger partial charge in [0.25, 0.3) is 0 Å². The van der Waals surface area contributed by atoms with E-state index in [4.69, 9.17) is 11.2 Å². The number of nitrogens with zero attached hydrogens (tertiary/aromatic N) is 2. The summed E-state index contributed by atoms with van der Waals surface area (Å²) in [5, 5.41) is 3.00. The Labute approximate surface area is 90.1 Å². The maximum Gasteiger partial charge on any atom is 0.221 e. The Hall–Kier alpha value is -1.76. The van der Waals surface area contributed by atoms with Crippen LogP contribution in [0, 0.1) is 26.2 Å². The second-order valence-corrected chi connectivity index (χ2v) is 3.10. The van der Waals surface area contributed by atoms with Gasteiger partial charge in [-0.1, -0.05) is 0 Å². The van der Waals surface area contributed by atoms with Crippen LogP contribution in [-0.2, 0) is 0 Å². The number of nitrogens with one attached hydrogen (secondary N) is 1. The number of aryl methyl sites for hydroxylation is 1. The van der Waals surface area contributed by atoms with Gasteiger partial charge in [0.05, 0.1) is 5.56 Å². The van der Waals surface area contributed by atoms with Crippen LogP contribution >= 0.6 is 0 Å². The van der Waals surface area contributed by atoms with Crippen molar-refractivity contribution in [2.45, 2.75) is 20.3 Å². The number of terminal acetylenes is 1. The summed E-state index contributed by atoms with van der Waals surface area (Å²) in [6.07, 6.45) is 5.72. The molecule has 1 N–H and O–H groups in total. The minimum absolute atomic E-state index is 0.483. The molecule has 1 heterocycles. The number of rotatable bonds is 4. The van der Waals surface area contributed by atoms with Crippen molar-refractivity contribution in [3.05, 3.63) is 11.4 Å². The Morgan fingerprint density at radius 3 is 2.73 bits per heavy atom. The minimum Gasteiger partial charge on any atom is -0.476 e. The van der Waals surface area contributed by atoms with Crippen molar-refractivity contribution in [2.75, 3.05) is 19.0 Å². The standard InChI is InChI=1S/C11H15N3O/c1-5-6-7-15-11-8(2)10(12-4)13-9(3)14-11/h1H,6-7H2,2-4H3,(H,12,13,14). The van der Waals surface area contributed by atoms with Crippen LogP contribution in [0.4, 0.5) is 5.82 Å². The second kappa shape index (κ2) is 5.20. The summed E-state index contributed by atoms with van der Waals surface area (Å²) in [5.74, 6) is 4.59. The summed E-state index contributed by atoms with van der Waals surface area (Å²) >= 11 is 0. The predicted octanol–water partition coefficient (Wildman–Crippen LogP) is 1.54. The van der Waals surface area contributed by atoms with Gasteiger partial charge in [0.1, 0.15) is 18.2 Å². The molecule has 4 heteroatoms. The lowest BCUT2D eigenvalue weighted by Crippen LogP contribution is -2.06. The molecule has 0 amide bonds. The molecule has 0 aromatic carbocycles. The number of hydrogen-bond donors (Lipinski definition) is 1. The summed E-state index contributed by atoms with van der Waals surface area (Å²) in [4.78, 5) is 8.45. The summed E-state index contributed by atoms with van der Waals surface area (Å²) < 4.78 is 5.47. The van der Waals surface area contributed by atoms with E-state index in [9.17, 15) is 0 Å². The van der Waals surface area contributed by atoms with E-state index in [2.05, 4.69) is 21.2 Å². The fourth-order valence-electron chi connectivity index (χ4n) is 1.19. The Bertz CT molecular complexity index is 382. The molecule has 0 aliphatic rings. The van der Waals surface area contributed by atoms with Crippen LogP contribution in [0.25, 0.3) is 0 Å². The molecule has 80 valence electrons. The number of ether oxygens (including phenoxy) is 1. The highest BCUT2D eigenvalue weighted by Crippen LogP contribution is 2.21. The van der Waals surface area contributed by atoms with E-state index in [0.29, 0.717) is 24.7 Å². The van der Waals surface area contributed by atoms with Gasteiger partial charge < -0.3 is 10.1 Å². The minimum atomic E-state index is 0.483. The normalized spacial score (nSPS) is 9.47. The summed E-state index contributed by atoms with van der Waals surface area (Å²) in [6.45, 7) is 4.22. The molecule has 0 unspecified atom stereocenters. The zero-order valence-corrected chi connectivity index (χ0v) is 9.29. The Balaban J connectivity index is 2.87. The van der Waals surface area contributed by atoms with E-state index in [1.54, 1.807) is 0 Å². The first-order valence-electron chi connectivity index (χ1n) is 4.78. The lowest BCUT2D eigenvalue weighted by molar-refractivity contribution is 0.311. The van der Waals surface area contributed by atoms with E-state index in [1.165, 1.54) is 0 Å². The lowest BCUT2D eigenvalue weighted by Gasteiger charge is -2.10. The van der Waals surface area contributed by atoms with Crippen molar-refractivity contribution < 1.29 is 4.74 Å². The molecule has 4 nitrogen and oxygen atoms in total. The molecule has 0 fully saturated rings. The molecule has 1 rings (SSSR count). The van der Waals surface area contributed by atoms with Crippen LogP contribution in [0.15, 0.2) is 0 Å². The molecule has 0 saturated heterocycles. The average molecular weight is 205 g/mol. The van der Waals surface area contributed by atoms with Crippen LogP contribution in [0.5, 0.6) is 5.88 Å². The molecular formula is C11H15N3O. The van der Waals surface area contributed by atoms with E-state index in [-0.39, 0.29) is 0 Å². The lowest BCUT2D eigenvalue weighted by atomic mass is 10.3. The zero-order valence-electron chi connectivity index (χ0n) is 9.29. The van der Waals surface area contributed by atoms with Gasteiger partial charge in [-0.15, -0.1) is 12.3 Å². The summed E-state index contributed by atoms with van der Waals surface area (Å²) in [6, 6.07) is 0. The summed E-state index contributed by atoms with van der Waals surface area (Å²) in [7, 11) is 1.82. The Morgan fingerprint density at radius 1 is 1.40 bits per heavy atom. The molecular weight excluding hydrogens is 190 g/mol. The van der Waals surface area contributed by atoms with Crippen molar-refractivity contribution in [3.63, 3.8) is 0 Å². The topological polar surface area (TPSA) is 47.0 Å². The third kappa shape index (κ3) is 2.84. The van der Waals surface area contributed by atoms with Crippen molar-refractivity contribution in [3.8, 4) is 18.2 Å². The average Bonchev–Trinajstić information content (AvgIpc) is 2.23. The van der Waals surface area contributed by atoms with Crippen LogP contribution < -0.4 is 10.1 Å². The highest BCUT2D eigenvalue weighted by atomic mass is 16.5. The van der Waals surface area contributed by atoms with Gasteiger partial charge in [-0.2, -0.15) is 4.98 Å². The highest BCUT2D eigenvalue weighted by Gasteiger charge is 2.08. The number of hydrogen-bond acceptors (Lipinski definition) is 4. The Kier molecular flexibility index (Phi) is 3.92. The quantitative estimate of drug-likeness (QED) is 0.598. The monoisotopic (exact) mass is 205 g/mol. The van der Waals surface area contributed by atoms with Gasteiger partial charge in [-0.3, -0.25) is 0 Å². The first-order valence-corrected chi connectivity index (χ1v) is 4.78. The van der Waals surface area contributed by atoms with Crippen LogP contribution in [0.2, 0.25) is 0 Å². The summed E-state index contributed by atoms with van der Waals surface area (Å²) in [5.41, 5.74) is 0.903.